The van der Waals surface area contributed by atoms with Crippen LogP contribution in [0, 0.1) is 11.8 Å². The lowest BCUT2D eigenvalue weighted by Gasteiger charge is -2.34. The predicted molar refractivity (Wildman–Crippen MR) is 402 cm³/mol. The minimum absolute atomic E-state index is 0.0234. The molecule has 7 heterocycles. The molecule has 104 heavy (non-hydrogen) atoms. The van der Waals surface area contributed by atoms with E-state index in [1.165, 1.54) is 77.5 Å². The third kappa shape index (κ3) is 31.4. The quantitative estimate of drug-likeness (QED) is 0.0350. The number of likely N-dealkylation sites (tertiary alicyclic amines) is 5. The van der Waals surface area contributed by atoms with E-state index in [0.29, 0.717) is 223 Å². The molecule has 3 atom stereocenters. The molecule has 0 aromatic heterocycles. The number of urea groups is 1. The Morgan fingerprint density at radius 3 is 1.37 bits per heavy atom. The first-order chi connectivity index (χ1) is 51.2. The first kappa shape index (κ1) is 83.2. The molecule has 6 amide bonds. The summed E-state index contributed by atoms with van der Waals surface area (Å²) in [4.78, 5) is 78.7. The number of nitrogens with one attached hydrogen (secondary N) is 5. The monoisotopic (exact) mass is 1480 g/mol. The van der Waals surface area contributed by atoms with E-state index in [-0.39, 0.29) is 41.7 Å². The van der Waals surface area contributed by atoms with E-state index in [4.69, 9.17) is 52.1 Å². The number of ether oxygens (including phenoxy) is 11. The van der Waals surface area contributed by atoms with Gasteiger partial charge in [-0.3, -0.25) is 19.2 Å². The van der Waals surface area contributed by atoms with Crippen LogP contribution in [0.4, 0.5) is 16.2 Å². The molecular formula is C77H126N10O16S. The minimum atomic E-state index is -0.247. The van der Waals surface area contributed by atoms with Crippen LogP contribution in [0.2, 0.25) is 0 Å². The molecule has 586 valence electrons. The lowest BCUT2D eigenvalue weighted by Crippen LogP contribution is -2.40. The van der Waals surface area contributed by atoms with Gasteiger partial charge in [0.15, 0.2) is 0 Å². The summed E-state index contributed by atoms with van der Waals surface area (Å²) in [5, 5.41) is 16.0. The summed E-state index contributed by atoms with van der Waals surface area (Å²) in [6.45, 7) is 23.5. The van der Waals surface area contributed by atoms with E-state index in [2.05, 4.69) is 47.4 Å². The van der Waals surface area contributed by atoms with Crippen molar-refractivity contribution in [2.24, 2.45) is 11.8 Å². The highest BCUT2D eigenvalue weighted by Gasteiger charge is 2.42. The molecule has 7 aliphatic rings. The Bertz CT molecular complexity index is 2750. The first-order valence-corrected chi connectivity index (χ1v) is 40.7. The fourth-order valence-electron chi connectivity index (χ4n) is 14.7. The van der Waals surface area contributed by atoms with Crippen LogP contribution in [0.3, 0.4) is 0 Å². The second-order valence-corrected chi connectivity index (χ2v) is 29.7. The summed E-state index contributed by atoms with van der Waals surface area (Å²) < 4.78 is 61.9. The van der Waals surface area contributed by atoms with Crippen molar-refractivity contribution >= 4 is 52.8 Å². The standard InChI is InChI=1S/C77H126N10O16S/c88-72(10-2-1-9-71-73-70(61-104-71)81-77(92)82-73)78-22-37-93-39-41-95-43-45-97-47-49-99-51-53-101-55-57-103-58-56-102-54-52-100-50-48-98-46-44-96-42-40-94-38-23-79-74(89)67-59-64(17-32-85-28-7-8-29-85)11-14-68(67)80-69-60-65(75(90)86-33-18-62(19-34-86)15-30-83-24-3-4-25-83)12-13-66(69)76(91)87-35-20-63(21-36-87)16-31-84-26-5-6-27-84/h11-14,59-60,62-63,70-71,73,80H,1-10,15-58,61H2,(H,78,88)(H,79,89)(H2,81,82,92)/t70-,71-,73-/m0/s1. The van der Waals surface area contributed by atoms with Gasteiger partial charge in [-0.05, 0) is 196 Å². The predicted octanol–water partition coefficient (Wildman–Crippen LogP) is 6.50. The van der Waals surface area contributed by atoms with Gasteiger partial charge in [0.05, 0.1) is 180 Å². The highest BCUT2D eigenvalue weighted by Crippen LogP contribution is 2.34. The molecule has 27 heteroatoms. The van der Waals surface area contributed by atoms with Gasteiger partial charge in [-0.15, -0.1) is 0 Å². The van der Waals surface area contributed by atoms with E-state index in [9.17, 15) is 24.0 Å². The lowest BCUT2D eigenvalue weighted by atomic mass is 9.92. The Hall–Kier alpha value is -4.82. The summed E-state index contributed by atoms with van der Waals surface area (Å²) in [6, 6.07) is 11.9. The van der Waals surface area contributed by atoms with Gasteiger partial charge in [0.1, 0.15) is 0 Å². The summed E-state index contributed by atoms with van der Waals surface area (Å²) in [5.74, 6) is 1.88. The van der Waals surface area contributed by atoms with Crippen LogP contribution in [0.15, 0.2) is 36.4 Å². The molecule has 7 aliphatic heterocycles. The molecule has 0 saturated carbocycles. The second kappa shape index (κ2) is 50.0. The number of benzene rings is 2. The van der Waals surface area contributed by atoms with E-state index < -0.39 is 0 Å². The first-order valence-electron chi connectivity index (χ1n) is 39.6. The molecule has 0 unspecified atom stereocenters. The summed E-state index contributed by atoms with van der Waals surface area (Å²) in [6.07, 6.45) is 18.0. The molecule has 7 saturated heterocycles. The molecule has 5 N–H and O–H groups in total. The highest BCUT2D eigenvalue weighted by atomic mass is 32.2. The van der Waals surface area contributed by atoms with Gasteiger partial charge in [0.25, 0.3) is 17.7 Å². The number of hydrogen-bond donors (Lipinski definition) is 5. The third-order valence-corrected chi connectivity index (χ3v) is 22.3. The second-order valence-electron chi connectivity index (χ2n) is 28.4. The van der Waals surface area contributed by atoms with Crippen molar-refractivity contribution in [3.63, 3.8) is 0 Å². The Labute approximate surface area is 623 Å². The molecule has 7 fully saturated rings. The smallest absolute Gasteiger partial charge is 0.315 e. The van der Waals surface area contributed by atoms with Crippen LogP contribution in [-0.4, -0.2) is 321 Å². The number of amides is 6. The number of carbonyl (C=O) groups excluding carboxylic acids is 5. The van der Waals surface area contributed by atoms with E-state index in [0.717, 1.165) is 108 Å². The highest BCUT2D eigenvalue weighted by molar-refractivity contribution is 8.00. The molecule has 0 radical (unpaired) electrons. The maximum absolute atomic E-state index is 14.7. The molecule has 26 nitrogen and oxygen atoms in total. The zero-order valence-corrected chi connectivity index (χ0v) is 63.2. The van der Waals surface area contributed by atoms with Gasteiger partial charge in [0, 0.05) is 68.8 Å². The number of fused-ring (bicyclic) bond motifs is 1. The Balaban J connectivity index is 0.557. The summed E-state index contributed by atoms with van der Waals surface area (Å²) >= 11 is 1.90. The van der Waals surface area contributed by atoms with Crippen molar-refractivity contribution in [1.82, 2.24) is 45.8 Å². The van der Waals surface area contributed by atoms with Crippen molar-refractivity contribution in [1.29, 1.82) is 0 Å². The maximum atomic E-state index is 14.7. The van der Waals surface area contributed by atoms with Gasteiger partial charge in [-0.1, -0.05) is 12.5 Å². The van der Waals surface area contributed by atoms with Gasteiger partial charge in [-0.2, -0.15) is 11.8 Å². The normalized spacial score (nSPS) is 19.8. The number of unbranched alkanes of at least 4 members (excludes halogenated alkanes) is 1. The molecule has 0 spiro atoms. The van der Waals surface area contributed by atoms with Crippen LogP contribution < -0.4 is 26.6 Å². The number of piperidine rings is 2. The fraction of sp³-hybridized carbons (Fsp3) is 0.779. The Morgan fingerprint density at radius 1 is 0.442 bits per heavy atom. The minimum Gasteiger partial charge on any atom is -0.377 e. The van der Waals surface area contributed by atoms with Gasteiger partial charge >= 0.3 is 6.03 Å². The molecular weight excluding hydrogens is 1350 g/mol. The third-order valence-electron chi connectivity index (χ3n) is 20.8. The topological polar surface area (TPSA) is 263 Å². The van der Waals surface area contributed by atoms with Crippen molar-refractivity contribution in [3.05, 3.63) is 58.7 Å². The molecule has 2 aromatic rings. The number of anilines is 2. The van der Waals surface area contributed by atoms with Crippen molar-refractivity contribution in [3.8, 4) is 0 Å². The molecule has 2 aromatic carbocycles. The SMILES string of the molecule is O=C(CCCC[C@@H]1SC[C@@H]2NC(=O)N[C@@H]21)NCCOCCOCCOCCOCCOCCOCCOCCOCCOCCOCCOCCNC(=O)c1cc(CCN2CCCC2)ccc1Nc1cc(C(=O)N2CCC(CCN3CCCC3)CC2)ccc1C(=O)N1CCC(CCN2CCCC2)CC1. The number of carbonyl (C=O) groups is 5. The average Bonchev–Trinajstić information content (AvgIpc) is 1.14. The van der Waals surface area contributed by atoms with Crippen LogP contribution in [0.1, 0.15) is 139 Å². The maximum Gasteiger partial charge on any atom is 0.315 e. The van der Waals surface area contributed by atoms with Crippen LogP contribution >= 0.6 is 11.8 Å². The van der Waals surface area contributed by atoms with Gasteiger partial charge in [0.2, 0.25) is 5.91 Å². The Morgan fingerprint density at radius 2 is 0.885 bits per heavy atom. The fourth-order valence-corrected chi connectivity index (χ4v) is 16.2. The van der Waals surface area contributed by atoms with Crippen LogP contribution in [-0.2, 0) is 63.3 Å². The Kier molecular flexibility index (Phi) is 40.0. The average molecular weight is 1480 g/mol. The van der Waals surface area contributed by atoms with E-state index in [1.54, 1.807) is 0 Å². The van der Waals surface area contributed by atoms with Crippen LogP contribution in [0.25, 0.3) is 0 Å². The number of thioether (sulfide) groups is 1. The lowest BCUT2D eigenvalue weighted by molar-refractivity contribution is -0.121. The molecule has 0 aliphatic carbocycles. The number of nitrogens with zero attached hydrogens (tertiary/aromatic N) is 5. The zero-order chi connectivity index (χ0) is 72.3. The van der Waals surface area contributed by atoms with Crippen LogP contribution in [0.5, 0.6) is 0 Å². The van der Waals surface area contributed by atoms with Gasteiger partial charge < -0.3 is 103 Å². The zero-order valence-electron chi connectivity index (χ0n) is 62.4. The van der Waals surface area contributed by atoms with Gasteiger partial charge in [-0.25, -0.2) is 4.79 Å². The van der Waals surface area contributed by atoms with Crippen molar-refractivity contribution in [2.75, 3.05) is 255 Å². The van der Waals surface area contributed by atoms with E-state index in [1.807, 2.05) is 51.9 Å². The molecule has 9 rings (SSSR count). The van der Waals surface area contributed by atoms with Crippen molar-refractivity contribution < 1.29 is 76.1 Å². The summed E-state index contributed by atoms with van der Waals surface area (Å²) in [5.41, 5.74) is 3.68. The number of rotatable bonds is 55. The van der Waals surface area contributed by atoms with Crippen molar-refractivity contribution in [2.45, 2.75) is 126 Å². The largest absolute Gasteiger partial charge is 0.377 e. The molecule has 0 bridgehead atoms. The number of hydrogen-bond acceptors (Lipinski definition) is 21. The summed E-state index contributed by atoms with van der Waals surface area (Å²) in [7, 11) is 0. The van der Waals surface area contributed by atoms with E-state index >= 15 is 0 Å².